The van der Waals surface area contributed by atoms with Crippen molar-refractivity contribution in [1.82, 2.24) is 4.57 Å². The van der Waals surface area contributed by atoms with Gasteiger partial charge in [-0.3, -0.25) is 0 Å². The van der Waals surface area contributed by atoms with Gasteiger partial charge in [-0.1, -0.05) is 152 Å². The average molecular weight is 729 g/mol. The van der Waals surface area contributed by atoms with E-state index in [1.165, 1.54) is 38.5 Å². The van der Waals surface area contributed by atoms with Gasteiger partial charge >= 0.3 is 0 Å². The van der Waals surface area contributed by atoms with Gasteiger partial charge in [0.05, 0.1) is 11.0 Å². The molecule has 0 aliphatic heterocycles. The van der Waals surface area contributed by atoms with Crippen molar-refractivity contribution >= 4 is 60.8 Å². The van der Waals surface area contributed by atoms with Gasteiger partial charge in [-0.2, -0.15) is 0 Å². The number of nitrogens with zero attached hydrogens (tertiary/aromatic N) is 2. The van der Waals surface area contributed by atoms with Gasteiger partial charge in [0.15, 0.2) is 0 Å². The van der Waals surface area contributed by atoms with Gasteiger partial charge in [-0.25, -0.2) is 0 Å². The monoisotopic (exact) mass is 728 g/mol. The molecule has 3 nitrogen and oxygen atoms in total. The molecular formula is C54H36N2O. The van der Waals surface area contributed by atoms with Gasteiger partial charge in [0.25, 0.3) is 0 Å². The molecule has 0 atom stereocenters. The van der Waals surface area contributed by atoms with E-state index in [0.29, 0.717) is 0 Å². The van der Waals surface area contributed by atoms with E-state index < -0.39 is 0 Å². The van der Waals surface area contributed by atoms with Crippen LogP contribution in [0.3, 0.4) is 0 Å². The second-order valence-corrected chi connectivity index (χ2v) is 14.5. The first-order valence-corrected chi connectivity index (χ1v) is 19.4. The Labute approximate surface area is 330 Å². The Balaban J connectivity index is 0.974. The summed E-state index contributed by atoms with van der Waals surface area (Å²) in [6, 6.07) is 78.1. The standard InChI is InChI=1S/C54H36N2O/c1-2-12-37(13-3-1)38-24-30-42(31-25-38)55(44-34-28-40(29-35-44)46-19-11-20-50-49-18-6-9-23-53(49)57-54(46)50)43-32-26-39(27-33-43)41-14-10-15-45(36-41)56-51-21-7-4-16-47(51)48-17-5-8-22-52(48)56/h1-36H. The minimum Gasteiger partial charge on any atom is -0.455 e. The Hall–Kier alpha value is -7.62. The summed E-state index contributed by atoms with van der Waals surface area (Å²) >= 11 is 0. The molecule has 0 fully saturated rings. The molecule has 0 saturated carbocycles. The lowest BCUT2D eigenvalue weighted by molar-refractivity contribution is 0.670. The fraction of sp³-hybridized carbons (Fsp3) is 0. The van der Waals surface area contributed by atoms with Crippen molar-refractivity contribution in [3.63, 3.8) is 0 Å². The molecule has 57 heavy (non-hydrogen) atoms. The highest BCUT2D eigenvalue weighted by Gasteiger charge is 2.17. The fourth-order valence-electron chi connectivity index (χ4n) is 8.47. The van der Waals surface area contributed by atoms with E-state index in [-0.39, 0.29) is 0 Å². The highest BCUT2D eigenvalue weighted by molar-refractivity contribution is 6.10. The smallest absolute Gasteiger partial charge is 0.143 e. The number of rotatable bonds is 7. The van der Waals surface area contributed by atoms with Crippen molar-refractivity contribution in [1.29, 1.82) is 0 Å². The summed E-state index contributed by atoms with van der Waals surface area (Å²) in [7, 11) is 0. The lowest BCUT2D eigenvalue weighted by Gasteiger charge is -2.26. The summed E-state index contributed by atoms with van der Waals surface area (Å²) < 4.78 is 8.78. The van der Waals surface area contributed by atoms with E-state index in [1.54, 1.807) is 0 Å². The Morgan fingerprint density at radius 2 is 0.807 bits per heavy atom. The highest BCUT2D eigenvalue weighted by Crippen LogP contribution is 2.40. The van der Waals surface area contributed by atoms with Crippen LogP contribution in [-0.2, 0) is 0 Å². The second-order valence-electron chi connectivity index (χ2n) is 14.5. The molecule has 11 rings (SSSR count). The van der Waals surface area contributed by atoms with Crippen LogP contribution in [0.1, 0.15) is 0 Å². The van der Waals surface area contributed by atoms with Gasteiger partial charge < -0.3 is 13.9 Å². The molecular weight excluding hydrogens is 693 g/mol. The molecule has 3 heteroatoms. The molecule has 11 aromatic rings. The number of hydrogen-bond donors (Lipinski definition) is 0. The normalized spacial score (nSPS) is 11.5. The van der Waals surface area contributed by atoms with Crippen molar-refractivity contribution in [2.75, 3.05) is 4.90 Å². The second kappa shape index (κ2) is 13.6. The fourth-order valence-corrected chi connectivity index (χ4v) is 8.47. The van der Waals surface area contributed by atoms with E-state index >= 15 is 0 Å². The van der Waals surface area contributed by atoms with Gasteiger partial charge in [-0.15, -0.1) is 0 Å². The summed E-state index contributed by atoms with van der Waals surface area (Å²) in [5.41, 5.74) is 15.5. The van der Waals surface area contributed by atoms with E-state index in [9.17, 15) is 0 Å². The molecule has 0 saturated heterocycles. The minimum absolute atomic E-state index is 0.906. The largest absolute Gasteiger partial charge is 0.455 e. The van der Waals surface area contributed by atoms with E-state index in [2.05, 4.69) is 216 Å². The third-order valence-electron chi connectivity index (χ3n) is 11.2. The molecule has 0 unspecified atom stereocenters. The van der Waals surface area contributed by atoms with Crippen LogP contribution in [0.25, 0.3) is 82.8 Å². The Bertz CT molecular complexity index is 3160. The molecule has 0 radical (unpaired) electrons. The van der Waals surface area contributed by atoms with Crippen LogP contribution in [0, 0.1) is 0 Å². The van der Waals surface area contributed by atoms with Crippen LogP contribution in [0.15, 0.2) is 223 Å². The van der Waals surface area contributed by atoms with Crippen LogP contribution >= 0.6 is 0 Å². The number of anilines is 3. The van der Waals surface area contributed by atoms with Crippen molar-refractivity contribution in [3.8, 4) is 39.1 Å². The van der Waals surface area contributed by atoms with Crippen LogP contribution in [0.4, 0.5) is 17.1 Å². The Morgan fingerprint density at radius 1 is 0.333 bits per heavy atom. The maximum atomic E-state index is 6.40. The van der Waals surface area contributed by atoms with Crippen molar-refractivity contribution in [2.45, 2.75) is 0 Å². The zero-order valence-electron chi connectivity index (χ0n) is 31.1. The van der Waals surface area contributed by atoms with Crippen molar-refractivity contribution in [3.05, 3.63) is 218 Å². The van der Waals surface area contributed by atoms with E-state index in [4.69, 9.17) is 4.42 Å². The van der Waals surface area contributed by atoms with E-state index in [0.717, 1.165) is 61.4 Å². The number of hydrogen-bond acceptors (Lipinski definition) is 2. The molecule has 0 aliphatic rings. The lowest BCUT2D eigenvalue weighted by Crippen LogP contribution is -2.09. The number of aromatic nitrogens is 1. The molecule has 0 aliphatic carbocycles. The summed E-state index contributed by atoms with van der Waals surface area (Å²) in [5, 5.41) is 4.80. The van der Waals surface area contributed by atoms with Crippen LogP contribution in [0.2, 0.25) is 0 Å². The predicted octanol–water partition coefficient (Wildman–Crippen LogP) is 15.2. The average Bonchev–Trinajstić information content (AvgIpc) is 3.84. The van der Waals surface area contributed by atoms with Crippen molar-refractivity contribution in [2.24, 2.45) is 0 Å². The maximum Gasteiger partial charge on any atom is 0.143 e. The minimum atomic E-state index is 0.906. The molecule has 2 heterocycles. The molecule has 0 spiro atoms. The molecule has 2 aromatic heterocycles. The number of benzene rings is 9. The zero-order valence-corrected chi connectivity index (χ0v) is 31.1. The van der Waals surface area contributed by atoms with Gasteiger partial charge in [0.1, 0.15) is 11.2 Å². The SMILES string of the molecule is c1ccc(-c2ccc(N(c3ccc(-c4cccc(-n5c6ccccc6c6ccccc65)c4)cc3)c3ccc(-c4cccc5c4oc4ccccc45)cc3)cc2)cc1. The summed E-state index contributed by atoms with van der Waals surface area (Å²) in [5.74, 6) is 0. The number of furan rings is 1. The Morgan fingerprint density at radius 3 is 1.46 bits per heavy atom. The third-order valence-corrected chi connectivity index (χ3v) is 11.2. The topological polar surface area (TPSA) is 21.3 Å². The quantitative estimate of drug-likeness (QED) is 0.163. The van der Waals surface area contributed by atoms with Crippen LogP contribution in [-0.4, -0.2) is 4.57 Å². The van der Waals surface area contributed by atoms with Gasteiger partial charge in [-0.05, 0) is 94.5 Å². The van der Waals surface area contributed by atoms with Crippen LogP contribution < -0.4 is 4.90 Å². The van der Waals surface area contributed by atoms with Crippen LogP contribution in [0.5, 0.6) is 0 Å². The molecule has 0 bridgehead atoms. The first-order valence-electron chi connectivity index (χ1n) is 19.4. The first kappa shape index (κ1) is 32.8. The Kier molecular flexibility index (Phi) is 7.82. The molecule has 9 aromatic carbocycles. The third kappa shape index (κ3) is 5.68. The molecule has 0 N–H and O–H groups in total. The lowest BCUT2D eigenvalue weighted by atomic mass is 10.0. The molecule has 0 amide bonds. The highest BCUT2D eigenvalue weighted by atomic mass is 16.3. The maximum absolute atomic E-state index is 6.40. The predicted molar refractivity (Wildman–Crippen MR) is 239 cm³/mol. The van der Waals surface area contributed by atoms with Gasteiger partial charge in [0.2, 0.25) is 0 Å². The zero-order chi connectivity index (χ0) is 37.7. The number of fused-ring (bicyclic) bond motifs is 6. The molecule has 268 valence electrons. The summed E-state index contributed by atoms with van der Waals surface area (Å²) in [6.07, 6.45) is 0. The first-order chi connectivity index (χ1) is 28.3. The van der Waals surface area contributed by atoms with Gasteiger partial charge in [0, 0.05) is 49.9 Å². The van der Waals surface area contributed by atoms with Crippen molar-refractivity contribution < 1.29 is 4.42 Å². The summed E-state index contributed by atoms with van der Waals surface area (Å²) in [6.45, 7) is 0. The number of para-hydroxylation sites is 4. The summed E-state index contributed by atoms with van der Waals surface area (Å²) in [4.78, 5) is 2.33. The van der Waals surface area contributed by atoms with E-state index in [1.807, 2.05) is 12.1 Å².